The number of hydrogen-bond donors (Lipinski definition) is 1. The highest BCUT2D eigenvalue weighted by Gasteiger charge is 2.40. The summed E-state index contributed by atoms with van der Waals surface area (Å²) in [6, 6.07) is 14.3. The van der Waals surface area contributed by atoms with Crippen LogP contribution in [0.2, 0.25) is 0 Å². The second kappa shape index (κ2) is 6.95. The van der Waals surface area contributed by atoms with E-state index in [1.165, 1.54) is 0 Å². The summed E-state index contributed by atoms with van der Waals surface area (Å²) < 4.78 is 10.7. The van der Waals surface area contributed by atoms with Crippen LogP contribution in [-0.2, 0) is 4.84 Å². The molecule has 1 aliphatic heterocycles. The molecule has 0 unspecified atom stereocenters. The molecule has 3 rings (SSSR count). The van der Waals surface area contributed by atoms with E-state index in [1.54, 1.807) is 43.5 Å². The van der Waals surface area contributed by atoms with Crippen LogP contribution in [0.3, 0.4) is 0 Å². The zero-order valence-electron chi connectivity index (χ0n) is 15.1. The van der Waals surface area contributed by atoms with Crippen molar-refractivity contribution in [2.75, 3.05) is 14.2 Å². The van der Waals surface area contributed by atoms with Crippen molar-refractivity contribution < 1.29 is 19.1 Å². The first-order valence-corrected chi connectivity index (χ1v) is 8.11. The van der Waals surface area contributed by atoms with Gasteiger partial charge in [0, 0.05) is 11.6 Å². The monoisotopic (exact) mass is 355 g/mol. The molecular formula is C19H21N3O4. The summed E-state index contributed by atoms with van der Waals surface area (Å²) in [5.74, 6) is 1.40. The highest BCUT2D eigenvalue weighted by atomic mass is 16.7. The first-order valence-electron chi connectivity index (χ1n) is 8.11. The lowest BCUT2D eigenvalue weighted by Gasteiger charge is -2.31. The van der Waals surface area contributed by atoms with Gasteiger partial charge >= 0.3 is 0 Å². The third-order valence-electron chi connectivity index (χ3n) is 4.00. The van der Waals surface area contributed by atoms with Crippen molar-refractivity contribution in [3.63, 3.8) is 0 Å². The highest BCUT2D eigenvalue weighted by Crippen LogP contribution is 2.31. The average molecular weight is 355 g/mol. The first-order chi connectivity index (χ1) is 12.5. The van der Waals surface area contributed by atoms with Crippen molar-refractivity contribution in [1.82, 2.24) is 10.4 Å². The largest absolute Gasteiger partial charge is 0.497 e. The van der Waals surface area contributed by atoms with Gasteiger partial charge in [0.1, 0.15) is 11.5 Å². The summed E-state index contributed by atoms with van der Waals surface area (Å²) in [4.78, 5) is 18.1. The minimum atomic E-state index is -0.856. The van der Waals surface area contributed by atoms with Crippen LogP contribution < -0.4 is 14.9 Å². The number of hydrogen-bond acceptors (Lipinski definition) is 6. The summed E-state index contributed by atoms with van der Waals surface area (Å²) in [5.41, 5.74) is 3.22. The van der Waals surface area contributed by atoms with Crippen molar-refractivity contribution in [2.45, 2.75) is 19.6 Å². The number of carbonyl (C=O) groups is 1. The Hall–Kier alpha value is -3.22. The van der Waals surface area contributed by atoms with E-state index in [0.717, 1.165) is 0 Å². The Balaban J connectivity index is 1.93. The summed E-state index contributed by atoms with van der Waals surface area (Å²) >= 11 is 0. The van der Waals surface area contributed by atoms with Gasteiger partial charge in [-0.25, -0.2) is 5.01 Å². The number of rotatable bonds is 5. The van der Waals surface area contributed by atoms with E-state index in [2.05, 4.69) is 10.6 Å². The molecule has 0 bridgehead atoms. The lowest BCUT2D eigenvalue weighted by atomic mass is 10.1. The molecule has 1 amide bonds. The number of ether oxygens (including phenoxy) is 2. The number of amides is 1. The van der Waals surface area contributed by atoms with Crippen molar-refractivity contribution in [3.8, 4) is 11.5 Å². The molecule has 0 saturated heterocycles. The van der Waals surface area contributed by atoms with Gasteiger partial charge in [0.05, 0.1) is 19.8 Å². The van der Waals surface area contributed by atoms with Crippen LogP contribution in [0.1, 0.15) is 29.8 Å². The van der Waals surface area contributed by atoms with Crippen LogP contribution in [0, 0.1) is 0 Å². The maximum atomic E-state index is 12.6. The average Bonchev–Trinajstić information content (AvgIpc) is 2.96. The molecule has 1 heterocycles. The number of nitrogens with one attached hydrogen (secondary N) is 1. The molecule has 0 saturated carbocycles. The van der Waals surface area contributed by atoms with Crippen molar-refractivity contribution in [1.29, 1.82) is 0 Å². The fourth-order valence-electron chi connectivity index (χ4n) is 2.59. The molecule has 26 heavy (non-hydrogen) atoms. The molecule has 2 aromatic rings. The normalized spacial score (nSPS) is 15.1. The van der Waals surface area contributed by atoms with Crippen LogP contribution in [0.5, 0.6) is 11.5 Å². The minimum Gasteiger partial charge on any atom is -0.497 e. The number of nitrogens with zero attached hydrogens (tertiary/aromatic N) is 2. The van der Waals surface area contributed by atoms with Crippen LogP contribution in [-0.4, -0.2) is 36.7 Å². The van der Waals surface area contributed by atoms with E-state index in [0.29, 0.717) is 28.5 Å². The Labute approximate surface area is 152 Å². The molecule has 0 fully saturated rings. The van der Waals surface area contributed by atoms with E-state index < -0.39 is 5.72 Å². The van der Waals surface area contributed by atoms with Gasteiger partial charge in [0.15, 0.2) is 0 Å². The van der Waals surface area contributed by atoms with E-state index in [-0.39, 0.29) is 5.91 Å². The Morgan fingerprint density at radius 2 is 1.85 bits per heavy atom. The molecule has 1 aliphatic rings. The SMILES string of the molecule is COc1ccc(C2=NOC(C)(C)N2NC(=O)c2ccccc2)c(OC)c1. The molecule has 7 nitrogen and oxygen atoms in total. The number of amidine groups is 1. The zero-order valence-corrected chi connectivity index (χ0v) is 15.1. The Morgan fingerprint density at radius 1 is 1.12 bits per heavy atom. The summed E-state index contributed by atoms with van der Waals surface area (Å²) in [7, 11) is 3.15. The zero-order chi connectivity index (χ0) is 18.7. The molecule has 0 aromatic heterocycles. The maximum absolute atomic E-state index is 12.6. The van der Waals surface area contributed by atoms with E-state index in [9.17, 15) is 4.79 Å². The molecule has 0 radical (unpaired) electrons. The topological polar surface area (TPSA) is 72.4 Å². The van der Waals surface area contributed by atoms with Gasteiger partial charge < -0.3 is 14.3 Å². The van der Waals surface area contributed by atoms with Crippen LogP contribution in [0.15, 0.2) is 53.7 Å². The van der Waals surface area contributed by atoms with Gasteiger partial charge in [-0.3, -0.25) is 10.2 Å². The van der Waals surface area contributed by atoms with Crippen LogP contribution in [0.25, 0.3) is 0 Å². The third kappa shape index (κ3) is 3.28. The molecule has 1 N–H and O–H groups in total. The number of benzene rings is 2. The minimum absolute atomic E-state index is 0.260. The van der Waals surface area contributed by atoms with Crippen molar-refractivity contribution in [2.24, 2.45) is 5.16 Å². The van der Waals surface area contributed by atoms with Gasteiger partial charge in [-0.15, -0.1) is 0 Å². The van der Waals surface area contributed by atoms with Gasteiger partial charge in [-0.1, -0.05) is 23.4 Å². The predicted octanol–water partition coefficient (Wildman–Crippen LogP) is 2.78. The van der Waals surface area contributed by atoms with Gasteiger partial charge in [0.25, 0.3) is 5.91 Å². The number of oxime groups is 1. The van der Waals surface area contributed by atoms with E-state index in [1.807, 2.05) is 38.1 Å². The Kier molecular flexibility index (Phi) is 4.71. The second-order valence-electron chi connectivity index (χ2n) is 6.16. The molecule has 7 heteroatoms. The maximum Gasteiger partial charge on any atom is 0.269 e. The van der Waals surface area contributed by atoms with E-state index >= 15 is 0 Å². The lowest BCUT2D eigenvalue weighted by molar-refractivity contribution is -0.0824. The quantitative estimate of drug-likeness (QED) is 0.893. The first kappa shape index (κ1) is 17.6. The highest BCUT2D eigenvalue weighted by molar-refractivity contribution is 6.04. The summed E-state index contributed by atoms with van der Waals surface area (Å²) in [6.45, 7) is 3.62. The standard InChI is InChI=1S/C19H21N3O4/c1-19(2)22(20-18(23)13-8-6-5-7-9-13)17(21-26-19)15-11-10-14(24-3)12-16(15)25-4/h5-12H,1-4H3,(H,20,23). The van der Waals surface area contributed by atoms with E-state index in [4.69, 9.17) is 14.3 Å². The van der Waals surface area contributed by atoms with Gasteiger partial charge in [-0.05, 0) is 38.1 Å². The second-order valence-corrected chi connectivity index (χ2v) is 6.16. The fraction of sp³-hybridized carbons (Fsp3) is 0.263. The van der Waals surface area contributed by atoms with Crippen LogP contribution in [0.4, 0.5) is 0 Å². The third-order valence-corrected chi connectivity index (χ3v) is 4.00. The number of hydrazine groups is 1. The van der Waals surface area contributed by atoms with Gasteiger partial charge in [0.2, 0.25) is 11.6 Å². The van der Waals surface area contributed by atoms with Crippen molar-refractivity contribution >= 4 is 11.7 Å². The molecular weight excluding hydrogens is 334 g/mol. The van der Waals surface area contributed by atoms with Crippen LogP contribution >= 0.6 is 0 Å². The molecule has 0 atom stereocenters. The van der Waals surface area contributed by atoms with Gasteiger partial charge in [-0.2, -0.15) is 0 Å². The lowest BCUT2D eigenvalue weighted by Crippen LogP contribution is -2.54. The molecule has 0 aliphatic carbocycles. The van der Waals surface area contributed by atoms with Crippen molar-refractivity contribution in [3.05, 3.63) is 59.7 Å². The fourth-order valence-corrected chi connectivity index (χ4v) is 2.59. The predicted molar refractivity (Wildman–Crippen MR) is 97.0 cm³/mol. The summed E-state index contributed by atoms with van der Waals surface area (Å²) in [5, 5.41) is 5.75. The Bertz CT molecular complexity index is 834. The molecule has 0 spiro atoms. The molecule has 136 valence electrons. The molecule has 2 aromatic carbocycles. The summed E-state index contributed by atoms with van der Waals surface area (Å²) in [6.07, 6.45) is 0. The number of methoxy groups -OCH3 is 2. The smallest absolute Gasteiger partial charge is 0.269 e. The Morgan fingerprint density at radius 3 is 2.50 bits per heavy atom. The number of carbonyl (C=O) groups excluding carboxylic acids is 1.